The standard InChI is InChI=1S/C21H20N3.BrH/c1-23-16-20(24-13-5-12-22-21(23)24)15-19-10-8-18(9-11-19)14-17-6-3-2-4-7-17;/h2-13,16H,14-15H2,1H3;1H/q+1;/p-1. The van der Waals surface area contributed by atoms with Crippen LogP contribution in [0.25, 0.3) is 5.78 Å². The quantitative estimate of drug-likeness (QED) is 0.458. The van der Waals surface area contributed by atoms with Gasteiger partial charge in [-0.1, -0.05) is 59.6 Å². The van der Waals surface area contributed by atoms with Gasteiger partial charge in [-0.25, -0.2) is 8.97 Å². The van der Waals surface area contributed by atoms with Crippen molar-refractivity contribution in [3.05, 3.63) is 102 Å². The Morgan fingerprint density at radius 1 is 0.840 bits per heavy atom. The molecule has 0 aliphatic carbocycles. The molecule has 2 heterocycles. The molecular formula is C21H20BrN3. The average molecular weight is 394 g/mol. The molecule has 0 aliphatic rings. The van der Waals surface area contributed by atoms with E-state index in [9.17, 15) is 0 Å². The summed E-state index contributed by atoms with van der Waals surface area (Å²) in [6, 6.07) is 21.5. The lowest BCUT2D eigenvalue weighted by molar-refractivity contribution is -0.646. The second-order valence-electron chi connectivity index (χ2n) is 6.18. The number of nitrogens with zero attached hydrogens (tertiary/aromatic N) is 3. The second-order valence-corrected chi connectivity index (χ2v) is 6.18. The zero-order valence-electron chi connectivity index (χ0n) is 14.1. The van der Waals surface area contributed by atoms with Crippen molar-refractivity contribution >= 4 is 5.78 Å². The van der Waals surface area contributed by atoms with E-state index in [0.29, 0.717) is 0 Å². The topological polar surface area (TPSA) is 21.2 Å². The van der Waals surface area contributed by atoms with Crippen LogP contribution < -0.4 is 21.5 Å². The van der Waals surface area contributed by atoms with Crippen molar-refractivity contribution in [3.63, 3.8) is 0 Å². The van der Waals surface area contributed by atoms with E-state index >= 15 is 0 Å². The van der Waals surface area contributed by atoms with E-state index in [2.05, 4.69) is 80.9 Å². The number of rotatable bonds is 4. The normalized spacial score (nSPS) is 10.6. The molecule has 4 heteroatoms. The van der Waals surface area contributed by atoms with Gasteiger partial charge in [0.15, 0.2) is 0 Å². The van der Waals surface area contributed by atoms with E-state index in [4.69, 9.17) is 0 Å². The third-order valence-electron chi connectivity index (χ3n) is 4.35. The van der Waals surface area contributed by atoms with Gasteiger partial charge in [0, 0.05) is 12.5 Å². The van der Waals surface area contributed by atoms with Gasteiger partial charge in [0.05, 0.1) is 13.2 Å². The lowest BCUT2D eigenvalue weighted by Crippen LogP contribution is -3.00. The van der Waals surface area contributed by atoms with Gasteiger partial charge in [-0.15, -0.1) is 0 Å². The summed E-state index contributed by atoms with van der Waals surface area (Å²) in [5.74, 6) is 0.966. The molecule has 126 valence electrons. The minimum Gasteiger partial charge on any atom is -1.00 e. The van der Waals surface area contributed by atoms with E-state index in [0.717, 1.165) is 18.6 Å². The molecule has 0 amide bonds. The highest BCUT2D eigenvalue weighted by atomic mass is 79.9. The van der Waals surface area contributed by atoms with Crippen LogP contribution in [0.5, 0.6) is 0 Å². The van der Waals surface area contributed by atoms with Crippen molar-refractivity contribution in [3.8, 4) is 0 Å². The molecule has 0 N–H and O–H groups in total. The molecule has 0 bridgehead atoms. The maximum atomic E-state index is 4.43. The summed E-state index contributed by atoms with van der Waals surface area (Å²) < 4.78 is 4.22. The molecule has 0 radical (unpaired) electrons. The Morgan fingerprint density at radius 2 is 1.48 bits per heavy atom. The molecule has 0 spiro atoms. The first-order valence-corrected chi connectivity index (χ1v) is 8.22. The molecule has 0 atom stereocenters. The third-order valence-corrected chi connectivity index (χ3v) is 4.35. The summed E-state index contributed by atoms with van der Waals surface area (Å²) in [7, 11) is 2.04. The summed E-state index contributed by atoms with van der Waals surface area (Å²) in [6.07, 6.45) is 7.94. The van der Waals surface area contributed by atoms with Crippen LogP contribution >= 0.6 is 0 Å². The first-order chi connectivity index (χ1) is 11.8. The first kappa shape index (κ1) is 17.4. The minimum atomic E-state index is 0. The summed E-state index contributed by atoms with van der Waals surface area (Å²) in [4.78, 5) is 4.43. The molecule has 0 saturated carbocycles. The molecule has 0 unspecified atom stereocenters. The van der Waals surface area contributed by atoms with E-state index in [-0.39, 0.29) is 17.0 Å². The summed E-state index contributed by atoms with van der Waals surface area (Å²) >= 11 is 0. The van der Waals surface area contributed by atoms with Crippen molar-refractivity contribution in [2.45, 2.75) is 12.8 Å². The molecule has 0 aliphatic heterocycles. The number of aryl methyl sites for hydroxylation is 1. The Balaban J connectivity index is 0.00000182. The van der Waals surface area contributed by atoms with Gasteiger partial charge in [-0.3, -0.25) is 0 Å². The number of hydrogen-bond donors (Lipinski definition) is 0. The van der Waals surface area contributed by atoms with Crippen LogP contribution in [0.3, 0.4) is 0 Å². The number of halogens is 1. The number of imidazole rings is 1. The van der Waals surface area contributed by atoms with Gasteiger partial charge >= 0.3 is 5.78 Å². The van der Waals surface area contributed by atoms with Crippen LogP contribution in [0.15, 0.2) is 79.3 Å². The van der Waals surface area contributed by atoms with Gasteiger partial charge in [-0.05, 0) is 23.1 Å². The van der Waals surface area contributed by atoms with Gasteiger partial charge in [-0.2, -0.15) is 0 Å². The Morgan fingerprint density at radius 3 is 2.20 bits per heavy atom. The van der Waals surface area contributed by atoms with Crippen LogP contribution in [-0.2, 0) is 19.9 Å². The summed E-state index contributed by atoms with van der Waals surface area (Å²) in [5, 5.41) is 0. The van der Waals surface area contributed by atoms with Crippen LogP contribution in [0.4, 0.5) is 0 Å². The highest BCUT2D eigenvalue weighted by molar-refractivity contribution is 5.32. The minimum absolute atomic E-state index is 0. The van der Waals surface area contributed by atoms with Gasteiger partial charge in [0.1, 0.15) is 18.1 Å². The van der Waals surface area contributed by atoms with E-state index in [1.165, 1.54) is 22.4 Å². The van der Waals surface area contributed by atoms with Crippen molar-refractivity contribution in [1.29, 1.82) is 0 Å². The maximum Gasteiger partial charge on any atom is 0.403 e. The predicted octanol–water partition coefficient (Wildman–Crippen LogP) is 0.344. The first-order valence-electron chi connectivity index (χ1n) is 8.22. The molecule has 2 aromatic carbocycles. The van der Waals surface area contributed by atoms with E-state index < -0.39 is 0 Å². The van der Waals surface area contributed by atoms with Crippen molar-refractivity contribution in [2.24, 2.45) is 7.05 Å². The van der Waals surface area contributed by atoms with E-state index in [1.807, 2.05) is 19.3 Å². The molecule has 25 heavy (non-hydrogen) atoms. The fraction of sp³-hybridized carbons (Fsp3) is 0.143. The van der Waals surface area contributed by atoms with Gasteiger partial charge < -0.3 is 17.0 Å². The lowest BCUT2D eigenvalue weighted by atomic mass is 10.0. The van der Waals surface area contributed by atoms with Crippen LogP contribution in [0, 0.1) is 0 Å². The Labute approximate surface area is 158 Å². The average Bonchev–Trinajstić information content (AvgIpc) is 2.94. The number of fused-ring (bicyclic) bond motifs is 1. The zero-order valence-corrected chi connectivity index (χ0v) is 15.7. The lowest BCUT2D eigenvalue weighted by Gasteiger charge is -2.04. The smallest absolute Gasteiger partial charge is 0.403 e. The maximum absolute atomic E-state index is 4.43. The van der Waals surface area contributed by atoms with Crippen molar-refractivity contribution in [2.75, 3.05) is 0 Å². The monoisotopic (exact) mass is 393 g/mol. The van der Waals surface area contributed by atoms with Crippen LogP contribution in [0.1, 0.15) is 22.4 Å². The number of aromatic nitrogens is 3. The predicted molar refractivity (Wildman–Crippen MR) is 94.9 cm³/mol. The molecule has 4 aromatic rings. The summed E-state index contributed by atoms with van der Waals surface area (Å²) in [5.41, 5.74) is 5.25. The van der Waals surface area contributed by atoms with Gasteiger partial charge in [0.2, 0.25) is 0 Å². The number of benzene rings is 2. The van der Waals surface area contributed by atoms with Crippen molar-refractivity contribution < 1.29 is 21.5 Å². The number of hydrogen-bond acceptors (Lipinski definition) is 1. The van der Waals surface area contributed by atoms with Crippen LogP contribution in [0.2, 0.25) is 0 Å². The van der Waals surface area contributed by atoms with Gasteiger partial charge in [0.25, 0.3) is 0 Å². The highest BCUT2D eigenvalue weighted by Crippen LogP contribution is 2.14. The fourth-order valence-electron chi connectivity index (χ4n) is 3.14. The SMILES string of the molecule is C[n+]1cc(Cc2ccc(Cc3ccccc3)cc2)n2cccnc21.[Br-]. The third kappa shape index (κ3) is 3.80. The van der Waals surface area contributed by atoms with Crippen LogP contribution in [-0.4, -0.2) is 9.38 Å². The fourth-order valence-corrected chi connectivity index (χ4v) is 3.14. The largest absolute Gasteiger partial charge is 1.00 e. The molecule has 2 aromatic heterocycles. The van der Waals surface area contributed by atoms with Crippen molar-refractivity contribution in [1.82, 2.24) is 9.38 Å². The second kappa shape index (κ2) is 7.62. The summed E-state index contributed by atoms with van der Waals surface area (Å²) in [6.45, 7) is 0. The zero-order chi connectivity index (χ0) is 16.4. The molecule has 0 saturated heterocycles. The molecular weight excluding hydrogens is 374 g/mol. The molecule has 4 rings (SSSR count). The Hall–Kier alpha value is -2.46. The highest BCUT2D eigenvalue weighted by Gasteiger charge is 2.14. The molecule has 3 nitrogen and oxygen atoms in total. The molecule has 0 fully saturated rings. The Kier molecular flexibility index (Phi) is 5.29. The Bertz CT molecular complexity index is 960. The van der Waals surface area contributed by atoms with E-state index in [1.54, 1.807) is 0 Å².